The van der Waals surface area contributed by atoms with Crippen molar-refractivity contribution >= 4 is 23.0 Å². The van der Waals surface area contributed by atoms with Crippen LogP contribution >= 0.6 is 0 Å². The molecule has 0 aliphatic carbocycles. The summed E-state index contributed by atoms with van der Waals surface area (Å²) < 4.78 is 12.8. The number of aromatic nitrogens is 3. The Morgan fingerprint density at radius 3 is 2.69 bits per heavy atom. The molecular weight excluding hydrogens is 406 g/mol. The molecule has 0 radical (unpaired) electrons. The van der Waals surface area contributed by atoms with Gasteiger partial charge >= 0.3 is 0 Å². The van der Waals surface area contributed by atoms with Crippen molar-refractivity contribution in [3.05, 3.63) is 89.7 Å². The molecule has 158 valence electrons. The van der Waals surface area contributed by atoms with Crippen molar-refractivity contribution in [3.8, 4) is 11.5 Å². The summed E-state index contributed by atoms with van der Waals surface area (Å²) in [6, 6.07) is 21.1. The smallest absolute Gasteiger partial charge is 0.260 e. The monoisotopic (exact) mass is 425 g/mol. The fourth-order valence-electron chi connectivity index (χ4n) is 4.09. The largest absolute Gasteiger partial charge is 0.454 e. The van der Waals surface area contributed by atoms with Crippen molar-refractivity contribution in [2.24, 2.45) is 0 Å². The van der Waals surface area contributed by atoms with Crippen molar-refractivity contribution in [2.75, 3.05) is 17.0 Å². The first-order chi connectivity index (χ1) is 15.8. The highest BCUT2D eigenvalue weighted by Crippen LogP contribution is 2.37. The van der Waals surface area contributed by atoms with Crippen LogP contribution in [0.25, 0.3) is 0 Å². The minimum Gasteiger partial charge on any atom is -0.454 e. The van der Waals surface area contributed by atoms with Crippen molar-refractivity contribution in [2.45, 2.75) is 13.1 Å². The lowest BCUT2D eigenvalue weighted by atomic mass is 10.1. The topological polar surface area (TPSA) is 81.5 Å². The number of nitrogens with zero attached hydrogens (tertiary/aromatic N) is 4. The lowest BCUT2D eigenvalue weighted by molar-refractivity contribution is 0.0986. The van der Waals surface area contributed by atoms with Crippen LogP contribution in [0.15, 0.2) is 72.9 Å². The van der Waals surface area contributed by atoms with Gasteiger partial charge in [-0.1, -0.05) is 41.6 Å². The molecule has 1 aromatic heterocycles. The Kier molecular flexibility index (Phi) is 4.28. The predicted octanol–water partition coefficient (Wildman–Crippen LogP) is 3.96. The molecule has 0 spiro atoms. The van der Waals surface area contributed by atoms with E-state index in [1.165, 1.54) is 0 Å². The second kappa shape index (κ2) is 7.42. The Labute approximate surface area is 184 Å². The molecule has 4 aromatic rings. The molecule has 3 heterocycles. The Morgan fingerprint density at radius 2 is 1.75 bits per heavy atom. The second-order valence-corrected chi connectivity index (χ2v) is 7.64. The van der Waals surface area contributed by atoms with Crippen molar-refractivity contribution < 1.29 is 14.3 Å². The molecule has 1 N–H and O–H groups in total. The maximum atomic E-state index is 13.4. The first-order valence-corrected chi connectivity index (χ1v) is 10.3. The Morgan fingerprint density at radius 1 is 0.906 bits per heavy atom. The van der Waals surface area contributed by atoms with Gasteiger partial charge in [0.1, 0.15) is 5.69 Å². The van der Waals surface area contributed by atoms with Crippen LogP contribution in [0.4, 0.5) is 17.1 Å². The molecule has 2 aliphatic heterocycles. The fourth-order valence-corrected chi connectivity index (χ4v) is 4.09. The average Bonchev–Trinajstić information content (AvgIpc) is 3.46. The number of benzene rings is 3. The van der Waals surface area contributed by atoms with Gasteiger partial charge in [-0.3, -0.25) is 4.79 Å². The van der Waals surface area contributed by atoms with Gasteiger partial charge in [-0.05, 0) is 30.3 Å². The number of amides is 1. The third-order valence-corrected chi connectivity index (χ3v) is 5.58. The van der Waals surface area contributed by atoms with Crippen LogP contribution in [-0.2, 0) is 13.1 Å². The van der Waals surface area contributed by atoms with E-state index in [2.05, 4.69) is 15.6 Å². The summed E-state index contributed by atoms with van der Waals surface area (Å²) in [5, 5.41) is 12.0. The highest BCUT2D eigenvalue weighted by atomic mass is 16.7. The molecule has 0 saturated heterocycles. The highest BCUT2D eigenvalue weighted by molar-refractivity contribution is 6.13. The van der Waals surface area contributed by atoms with Gasteiger partial charge in [-0.15, -0.1) is 5.10 Å². The minimum atomic E-state index is -0.0842. The zero-order chi connectivity index (χ0) is 21.5. The molecule has 32 heavy (non-hydrogen) atoms. The molecule has 2 aliphatic rings. The molecular formula is C24H19N5O3. The summed E-state index contributed by atoms with van der Waals surface area (Å²) in [7, 11) is 0. The van der Waals surface area contributed by atoms with Crippen LogP contribution < -0.4 is 19.7 Å². The number of rotatable bonds is 4. The number of para-hydroxylation sites is 4. The van der Waals surface area contributed by atoms with E-state index in [0.29, 0.717) is 24.3 Å². The number of hydrogen-bond donors (Lipinski definition) is 1. The zero-order valence-electron chi connectivity index (χ0n) is 17.1. The summed E-state index contributed by atoms with van der Waals surface area (Å²) in [5.74, 6) is 1.39. The summed E-state index contributed by atoms with van der Waals surface area (Å²) in [6.07, 6.45) is 1.86. The lowest BCUT2D eigenvalue weighted by Crippen LogP contribution is -2.30. The molecule has 0 fully saturated rings. The van der Waals surface area contributed by atoms with Gasteiger partial charge < -0.3 is 19.7 Å². The molecule has 8 heteroatoms. The number of hydrogen-bond acceptors (Lipinski definition) is 6. The summed E-state index contributed by atoms with van der Waals surface area (Å²) in [4.78, 5) is 15.2. The lowest BCUT2D eigenvalue weighted by Gasteiger charge is -2.21. The van der Waals surface area contributed by atoms with Crippen LogP contribution in [0.2, 0.25) is 0 Å². The third kappa shape index (κ3) is 3.13. The molecule has 8 nitrogen and oxygen atoms in total. The SMILES string of the molecule is O=C1c2ccccc2Nc2ccccc2N1Cc1cn(Cc2cccc3c2OCO3)nn1. The van der Waals surface area contributed by atoms with E-state index >= 15 is 0 Å². The Bertz CT molecular complexity index is 1330. The number of nitrogens with one attached hydrogen (secondary N) is 1. The van der Waals surface area contributed by atoms with Gasteiger partial charge in [-0.25, -0.2) is 4.68 Å². The number of anilines is 3. The Hall–Kier alpha value is -4.33. The predicted molar refractivity (Wildman–Crippen MR) is 118 cm³/mol. The summed E-state index contributed by atoms with van der Waals surface area (Å²) in [5.41, 5.74) is 4.73. The highest BCUT2D eigenvalue weighted by Gasteiger charge is 2.27. The van der Waals surface area contributed by atoms with Gasteiger partial charge in [0.15, 0.2) is 11.5 Å². The molecule has 1 amide bonds. The van der Waals surface area contributed by atoms with Crippen LogP contribution in [0.5, 0.6) is 11.5 Å². The molecule has 0 atom stereocenters. The van der Waals surface area contributed by atoms with Gasteiger partial charge in [-0.2, -0.15) is 0 Å². The summed E-state index contributed by atoms with van der Waals surface area (Å²) in [6.45, 7) is 1.02. The van der Waals surface area contributed by atoms with Crippen molar-refractivity contribution in [1.29, 1.82) is 0 Å². The van der Waals surface area contributed by atoms with E-state index in [4.69, 9.17) is 9.47 Å². The Balaban J connectivity index is 1.30. The fraction of sp³-hybridized carbons (Fsp3) is 0.125. The van der Waals surface area contributed by atoms with Gasteiger partial charge in [0, 0.05) is 5.56 Å². The minimum absolute atomic E-state index is 0.0842. The number of fused-ring (bicyclic) bond motifs is 3. The van der Waals surface area contributed by atoms with Crippen molar-refractivity contribution in [3.63, 3.8) is 0 Å². The van der Waals surface area contributed by atoms with Crippen LogP contribution in [0.3, 0.4) is 0 Å². The molecule has 0 saturated carbocycles. The maximum absolute atomic E-state index is 13.4. The number of ether oxygens (including phenoxy) is 2. The van der Waals surface area contributed by atoms with E-state index < -0.39 is 0 Å². The van der Waals surface area contributed by atoms with E-state index in [1.807, 2.05) is 72.9 Å². The zero-order valence-corrected chi connectivity index (χ0v) is 17.1. The summed E-state index contributed by atoms with van der Waals surface area (Å²) >= 11 is 0. The first-order valence-electron chi connectivity index (χ1n) is 10.3. The molecule has 6 rings (SSSR count). The number of carbonyl (C=O) groups excluding carboxylic acids is 1. The molecule has 3 aromatic carbocycles. The van der Waals surface area contributed by atoms with Crippen molar-refractivity contribution in [1.82, 2.24) is 15.0 Å². The molecule has 0 unspecified atom stereocenters. The normalized spacial score (nSPS) is 13.9. The first kappa shape index (κ1) is 18.4. The van der Waals surface area contributed by atoms with Crippen LogP contribution in [0, 0.1) is 0 Å². The standard InChI is InChI=1S/C24H19N5O3/c30-24-18-7-1-2-8-19(18)25-20-9-3-4-10-21(20)29(24)14-17-13-28(27-26-17)12-16-6-5-11-22-23(16)32-15-31-22/h1-11,13,25H,12,14-15H2. The average molecular weight is 425 g/mol. The van der Waals surface area contributed by atoms with Gasteiger partial charge in [0.05, 0.1) is 41.9 Å². The maximum Gasteiger partial charge on any atom is 0.260 e. The third-order valence-electron chi connectivity index (χ3n) is 5.58. The van der Waals surface area contributed by atoms with Gasteiger partial charge in [0.2, 0.25) is 6.79 Å². The van der Waals surface area contributed by atoms with E-state index in [0.717, 1.165) is 34.1 Å². The van der Waals surface area contributed by atoms with Crippen LogP contribution in [-0.4, -0.2) is 27.7 Å². The van der Waals surface area contributed by atoms with E-state index in [9.17, 15) is 4.79 Å². The van der Waals surface area contributed by atoms with E-state index in [-0.39, 0.29) is 12.7 Å². The number of carbonyl (C=O) groups is 1. The second-order valence-electron chi connectivity index (χ2n) is 7.64. The quantitative estimate of drug-likeness (QED) is 0.533. The van der Waals surface area contributed by atoms with Crippen LogP contribution in [0.1, 0.15) is 21.6 Å². The van der Waals surface area contributed by atoms with Gasteiger partial charge in [0.25, 0.3) is 5.91 Å². The van der Waals surface area contributed by atoms with E-state index in [1.54, 1.807) is 9.58 Å². The molecule has 0 bridgehead atoms.